The summed E-state index contributed by atoms with van der Waals surface area (Å²) in [7, 11) is 1.73. The van der Waals surface area contributed by atoms with E-state index < -0.39 is 0 Å². The molecule has 1 atom stereocenters. The molecule has 1 unspecified atom stereocenters. The zero-order valence-electron chi connectivity index (χ0n) is 13.4. The SMILES string of the molecule is CCc1nnc(N2CCCC2CNCCOC)nc1CC. The number of rotatable bonds is 8. The Morgan fingerprint density at radius 3 is 2.76 bits per heavy atom. The molecule has 0 radical (unpaired) electrons. The summed E-state index contributed by atoms with van der Waals surface area (Å²) in [5, 5.41) is 12.1. The van der Waals surface area contributed by atoms with Gasteiger partial charge in [0.1, 0.15) is 0 Å². The molecule has 1 saturated heterocycles. The molecule has 21 heavy (non-hydrogen) atoms. The van der Waals surface area contributed by atoms with Gasteiger partial charge in [0.2, 0.25) is 5.95 Å². The van der Waals surface area contributed by atoms with Crippen molar-refractivity contribution in [2.75, 3.05) is 38.3 Å². The van der Waals surface area contributed by atoms with E-state index in [-0.39, 0.29) is 0 Å². The number of hydrogen-bond acceptors (Lipinski definition) is 6. The Balaban J connectivity index is 2.02. The van der Waals surface area contributed by atoms with Gasteiger partial charge in [0, 0.05) is 32.8 Å². The van der Waals surface area contributed by atoms with Crippen LogP contribution in [0.5, 0.6) is 0 Å². The van der Waals surface area contributed by atoms with Crippen LogP contribution in [0.1, 0.15) is 38.1 Å². The summed E-state index contributed by atoms with van der Waals surface area (Å²) in [5.41, 5.74) is 2.11. The second kappa shape index (κ2) is 8.24. The molecule has 1 N–H and O–H groups in total. The Hall–Kier alpha value is -1.27. The van der Waals surface area contributed by atoms with Crippen molar-refractivity contribution in [2.24, 2.45) is 0 Å². The highest BCUT2D eigenvalue weighted by Gasteiger charge is 2.27. The predicted molar refractivity (Wildman–Crippen MR) is 83.7 cm³/mol. The van der Waals surface area contributed by atoms with Gasteiger partial charge in [0.25, 0.3) is 0 Å². The first-order chi connectivity index (χ1) is 10.3. The number of aryl methyl sites for hydroxylation is 2. The first-order valence-corrected chi connectivity index (χ1v) is 7.98. The van der Waals surface area contributed by atoms with Crippen LogP contribution in [0.4, 0.5) is 5.95 Å². The van der Waals surface area contributed by atoms with Gasteiger partial charge in [-0.25, -0.2) is 4.98 Å². The normalized spacial score (nSPS) is 18.4. The first-order valence-electron chi connectivity index (χ1n) is 7.98. The van der Waals surface area contributed by atoms with Crippen LogP contribution in [0.3, 0.4) is 0 Å². The Bertz CT molecular complexity index is 440. The molecule has 6 nitrogen and oxygen atoms in total. The minimum Gasteiger partial charge on any atom is -0.383 e. The van der Waals surface area contributed by atoms with Crippen molar-refractivity contribution >= 4 is 5.95 Å². The van der Waals surface area contributed by atoms with Gasteiger partial charge >= 0.3 is 0 Å². The summed E-state index contributed by atoms with van der Waals surface area (Å²) < 4.78 is 5.06. The minimum atomic E-state index is 0.459. The van der Waals surface area contributed by atoms with Crippen LogP contribution in [0.2, 0.25) is 0 Å². The van der Waals surface area contributed by atoms with Crippen LogP contribution in [0, 0.1) is 0 Å². The van der Waals surface area contributed by atoms with E-state index in [2.05, 4.69) is 34.3 Å². The Morgan fingerprint density at radius 2 is 2.05 bits per heavy atom. The van der Waals surface area contributed by atoms with E-state index in [1.165, 1.54) is 12.8 Å². The van der Waals surface area contributed by atoms with Gasteiger partial charge in [-0.2, -0.15) is 5.10 Å². The summed E-state index contributed by atoms with van der Waals surface area (Å²) in [5.74, 6) is 0.792. The lowest BCUT2D eigenvalue weighted by Crippen LogP contribution is -2.40. The highest BCUT2D eigenvalue weighted by atomic mass is 16.5. The van der Waals surface area contributed by atoms with E-state index in [4.69, 9.17) is 9.72 Å². The number of methoxy groups -OCH3 is 1. The van der Waals surface area contributed by atoms with Gasteiger partial charge in [0.05, 0.1) is 18.0 Å². The minimum absolute atomic E-state index is 0.459. The van der Waals surface area contributed by atoms with Crippen molar-refractivity contribution < 1.29 is 4.74 Å². The summed E-state index contributed by atoms with van der Waals surface area (Å²) in [6.45, 7) is 7.82. The largest absolute Gasteiger partial charge is 0.383 e. The van der Waals surface area contributed by atoms with Gasteiger partial charge in [0.15, 0.2) is 0 Å². The molecular formula is C15H27N5O. The van der Waals surface area contributed by atoms with Crippen molar-refractivity contribution in [3.63, 3.8) is 0 Å². The van der Waals surface area contributed by atoms with Gasteiger partial charge < -0.3 is 15.0 Å². The smallest absolute Gasteiger partial charge is 0.245 e. The monoisotopic (exact) mass is 293 g/mol. The molecular weight excluding hydrogens is 266 g/mol. The summed E-state index contributed by atoms with van der Waals surface area (Å²) in [6.07, 6.45) is 4.18. The van der Waals surface area contributed by atoms with Crippen LogP contribution in [-0.2, 0) is 17.6 Å². The van der Waals surface area contributed by atoms with Gasteiger partial charge in [-0.3, -0.25) is 0 Å². The Labute approximate surface area is 127 Å². The first kappa shape index (κ1) is 16.1. The van der Waals surface area contributed by atoms with Crippen LogP contribution >= 0.6 is 0 Å². The fourth-order valence-corrected chi connectivity index (χ4v) is 2.80. The van der Waals surface area contributed by atoms with Crippen molar-refractivity contribution in [2.45, 2.75) is 45.6 Å². The van der Waals surface area contributed by atoms with E-state index in [0.29, 0.717) is 6.04 Å². The molecule has 0 saturated carbocycles. The molecule has 0 amide bonds. The molecule has 2 rings (SSSR count). The van der Waals surface area contributed by atoms with Gasteiger partial charge in [-0.15, -0.1) is 5.10 Å². The number of aromatic nitrogens is 3. The van der Waals surface area contributed by atoms with Crippen molar-refractivity contribution in [3.8, 4) is 0 Å². The molecule has 1 aliphatic rings. The Kier molecular flexibility index (Phi) is 6.32. The third-order valence-electron chi connectivity index (χ3n) is 3.99. The van der Waals surface area contributed by atoms with E-state index in [1.807, 2.05) is 0 Å². The molecule has 1 fully saturated rings. The zero-order valence-corrected chi connectivity index (χ0v) is 13.4. The molecule has 0 aliphatic carbocycles. The fourth-order valence-electron chi connectivity index (χ4n) is 2.80. The topological polar surface area (TPSA) is 63.2 Å². The number of nitrogens with zero attached hydrogens (tertiary/aromatic N) is 4. The van der Waals surface area contributed by atoms with E-state index >= 15 is 0 Å². The molecule has 2 heterocycles. The summed E-state index contributed by atoms with van der Waals surface area (Å²) in [6, 6.07) is 0.459. The number of hydrogen-bond donors (Lipinski definition) is 1. The second-order valence-corrected chi connectivity index (χ2v) is 5.40. The molecule has 6 heteroatoms. The maximum absolute atomic E-state index is 5.06. The lowest BCUT2D eigenvalue weighted by atomic mass is 10.2. The van der Waals surface area contributed by atoms with Crippen LogP contribution in [0.25, 0.3) is 0 Å². The van der Waals surface area contributed by atoms with Crippen molar-refractivity contribution in [1.82, 2.24) is 20.5 Å². The fraction of sp³-hybridized carbons (Fsp3) is 0.800. The summed E-state index contributed by atoms with van der Waals surface area (Å²) >= 11 is 0. The van der Waals surface area contributed by atoms with E-state index in [1.54, 1.807) is 7.11 Å². The predicted octanol–water partition coefficient (Wildman–Crippen LogP) is 1.20. The van der Waals surface area contributed by atoms with Gasteiger partial charge in [-0.1, -0.05) is 13.8 Å². The maximum Gasteiger partial charge on any atom is 0.245 e. The molecule has 1 aliphatic heterocycles. The average Bonchev–Trinajstić information content (AvgIpc) is 2.99. The molecule has 0 aromatic carbocycles. The zero-order chi connectivity index (χ0) is 15.1. The molecule has 0 spiro atoms. The van der Waals surface area contributed by atoms with Gasteiger partial charge in [-0.05, 0) is 25.7 Å². The highest BCUT2D eigenvalue weighted by Crippen LogP contribution is 2.22. The standard InChI is InChI=1S/C15H27N5O/c1-4-13-14(5-2)18-19-15(17-13)20-9-6-7-12(20)11-16-8-10-21-3/h12,16H,4-11H2,1-3H3. The quantitative estimate of drug-likeness (QED) is 0.727. The lowest BCUT2D eigenvalue weighted by Gasteiger charge is -2.25. The Morgan fingerprint density at radius 1 is 1.24 bits per heavy atom. The molecule has 1 aromatic rings. The second-order valence-electron chi connectivity index (χ2n) is 5.40. The highest BCUT2D eigenvalue weighted by molar-refractivity contribution is 5.34. The summed E-state index contributed by atoms with van der Waals surface area (Å²) in [4.78, 5) is 7.04. The van der Waals surface area contributed by atoms with E-state index in [0.717, 1.165) is 56.4 Å². The number of anilines is 1. The lowest BCUT2D eigenvalue weighted by molar-refractivity contribution is 0.199. The number of nitrogens with one attached hydrogen (secondary N) is 1. The molecule has 0 bridgehead atoms. The van der Waals surface area contributed by atoms with Crippen LogP contribution in [-0.4, -0.2) is 54.6 Å². The third kappa shape index (κ3) is 4.11. The van der Waals surface area contributed by atoms with Crippen LogP contribution in [0.15, 0.2) is 0 Å². The molecule has 118 valence electrons. The van der Waals surface area contributed by atoms with Crippen molar-refractivity contribution in [1.29, 1.82) is 0 Å². The van der Waals surface area contributed by atoms with E-state index in [9.17, 15) is 0 Å². The average molecular weight is 293 g/mol. The molecule has 1 aromatic heterocycles. The third-order valence-corrected chi connectivity index (χ3v) is 3.99. The number of ether oxygens (including phenoxy) is 1. The van der Waals surface area contributed by atoms with Crippen LogP contribution < -0.4 is 10.2 Å². The van der Waals surface area contributed by atoms with Crippen molar-refractivity contribution in [3.05, 3.63) is 11.4 Å². The maximum atomic E-state index is 5.06.